The van der Waals surface area contributed by atoms with Gasteiger partial charge in [-0.3, -0.25) is 9.59 Å². The van der Waals surface area contributed by atoms with Gasteiger partial charge in [0.15, 0.2) is 0 Å². The lowest BCUT2D eigenvalue weighted by atomic mass is 9.94. The molecule has 0 aliphatic heterocycles. The number of hydrogen-bond acceptors (Lipinski definition) is 7. The lowest BCUT2D eigenvalue weighted by Gasteiger charge is -2.16. The van der Waals surface area contributed by atoms with E-state index < -0.39 is 0 Å². The number of unbranched alkanes of at least 4 members (excludes halogenated alkanes) is 32. The van der Waals surface area contributed by atoms with Crippen LogP contribution in [0.5, 0.6) is 0 Å². The van der Waals surface area contributed by atoms with Crippen LogP contribution in [0.2, 0.25) is 0 Å². The summed E-state index contributed by atoms with van der Waals surface area (Å²) in [4.78, 5) is 35.3. The molecule has 0 aromatic carbocycles. The van der Waals surface area contributed by atoms with Crippen LogP contribution in [-0.2, 0) is 28.6 Å². The van der Waals surface area contributed by atoms with Gasteiger partial charge in [-0.2, -0.15) is 0 Å². The first kappa shape index (κ1) is 70.8. The van der Waals surface area contributed by atoms with Crippen LogP contribution in [0.4, 0.5) is 0 Å². The van der Waals surface area contributed by atoms with Crippen LogP contribution in [-0.4, -0.2) is 58.7 Å². The highest BCUT2D eigenvalue weighted by Gasteiger charge is 2.20. The first-order valence-corrected chi connectivity index (χ1v) is 30.2. The lowest BCUT2D eigenvalue weighted by Crippen LogP contribution is -2.18. The summed E-state index contributed by atoms with van der Waals surface area (Å²) in [6, 6.07) is 0. The third-order valence-electron chi connectivity index (χ3n) is 13.6. The molecule has 0 aliphatic carbocycles. The van der Waals surface area contributed by atoms with E-state index >= 15 is 0 Å². The van der Waals surface area contributed by atoms with Gasteiger partial charge in [-0.15, -0.1) is 0 Å². The normalized spacial score (nSPS) is 12.4. The van der Waals surface area contributed by atoms with Crippen LogP contribution in [0.1, 0.15) is 324 Å². The molecule has 0 spiro atoms. The number of aldehydes is 1. The summed E-state index contributed by atoms with van der Waals surface area (Å²) in [7, 11) is 5.64. The number of carbonyl (C=O) groups is 3. The Bertz CT molecular complexity index is 961. The monoisotopic (exact) mass is 966 g/mol. The fourth-order valence-electron chi connectivity index (χ4n) is 9.06. The third-order valence-corrected chi connectivity index (χ3v) is 13.6. The zero-order chi connectivity index (χ0) is 50.7. The molecule has 3 unspecified atom stereocenters. The Morgan fingerprint density at radius 2 is 0.603 bits per heavy atom. The lowest BCUT2D eigenvalue weighted by molar-refractivity contribution is -0.150. The zero-order valence-electron chi connectivity index (χ0n) is 47.5. The van der Waals surface area contributed by atoms with Crippen LogP contribution >= 0.6 is 0 Å². The minimum Gasteiger partial charge on any atom is -0.465 e. The van der Waals surface area contributed by atoms with Crippen LogP contribution in [0.15, 0.2) is 0 Å². The molecular weight excluding hydrogens is 843 g/mol. The minimum atomic E-state index is 0.0802. The predicted octanol–water partition coefficient (Wildman–Crippen LogP) is 19.0. The number of esters is 2. The fourth-order valence-corrected chi connectivity index (χ4v) is 9.06. The van der Waals surface area contributed by atoms with E-state index in [1.807, 2.05) is 21.2 Å². The van der Waals surface area contributed by atoms with Crippen molar-refractivity contribution in [1.29, 1.82) is 0 Å². The Morgan fingerprint density at radius 1 is 0.368 bits per heavy atom. The molecule has 408 valence electrons. The van der Waals surface area contributed by atoms with Gasteiger partial charge in [0.1, 0.15) is 6.29 Å². The van der Waals surface area contributed by atoms with E-state index in [0.29, 0.717) is 19.3 Å². The van der Waals surface area contributed by atoms with Crippen molar-refractivity contribution < 1.29 is 28.6 Å². The maximum absolute atomic E-state index is 12.9. The molecule has 0 amide bonds. The van der Waals surface area contributed by atoms with E-state index in [1.165, 1.54) is 231 Å². The van der Waals surface area contributed by atoms with E-state index in [2.05, 4.69) is 39.9 Å². The number of carbonyl (C=O) groups excluding carboxylic acids is 3. The summed E-state index contributed by atoms with van der Waals surface area (Å²) in [6.07, 6.45) is 56.0. The molecule has 0 saturated carbocycles. The second-order valence-electron chi connectivity index (χ2n) is 20.4. The van der Waals surface area contributed by atoms with Crippen LogP contribution in [0.3, 0.4) is 0 Å². The summed E-state index contributed by atoms with van der Waals surface area (Å²) >= 11 is 0. The Kier molecular flexibility index (Phi) is 66.1. The van der Waals surface area contributed by atoms with Gasteiger partial charge in [-0.25, -0.2) is 0 Å². The first-order valence-electron chi connectivity index (χ1n) is 30.2. The molecule has 0 fully saturated rings. The largest absolute Gasteiger partial charge is 0.465 e. The van der Waals surface area contributed by atoms with Gasteiger partial charge in [0.25, 0.3) is 0 Å². The molecule has 0 rings (SSSR count). The van der Waals surface area contributed by atoms with Gasteiger partial charge in [0, 0.05) is 13.5 Å². The van der Waals surface area contributed by atoms with Gasteiger partial charge in [-0.1, -0.05) is 259 Å². The highest BCUT2D eigenvalue weighted by atomic mass is 16.5. The van der Waals surface area contributed by atoms with Crippen molar-refractivity contribution in [3.63, 3.8) is 0 Å². The van der Waals surface area contributed by atoms with E-state index in [0.717, 1.165) is 64.1 Å². The van der Waals surface area contributed by atoms with E-state index in [1.54, 1.807) is 0 Å². The summed E-state index contributed by atoms with van der Waals surface area (Å²) in [6.45, 7) is 12.3. The van der Waals surface area contributed by atoms with Crippen molar-refractivity contribution in [2.24, 2.45) is 11.8 Å². The molecule has 0 bridgehead atoms. The Morgan fingerprint density at radius 3 is 0.853 bits per heavy atom. The molecule has 3 atom stereocenters. The number of ether oxygens (including phenoxy) is 3. The molecular formula is C61H123NO6. The Balaban J connectivity index is -0.00000426. The summed E-state index contributed by atoms with van der Waals surface area (Å²) in [5, 5.41) is 2.75. The standard InChI is InChI=1S/C54H106O5.C5H10O.C2H7N/c1-6-10-14-18-28-36-44-50(42-34-16-12-8-3)53(55)58-48-40-32-26-22-20-21-24-30-38-46-52(57-5)47-39-31-25-23-27-33-41-49-59-54(56)51(43-35-17-13-9-4)45-37-29-19-15-11-7-2;1-2-3-4-5-6;1-3-2/h50-52H,6-49H2,1-5H3;5H,2-4H2,1H3;3H,1-2H3. The van der Waals surface area contributed by atoms with E-state index in [9.17, 15) is 14.4 Å². The molecule has 7 heteroatoms. The van der Waals surface area contributed by atoms with Crippen LogP contribution in [0.25, 0.3) is 0 Å². The molecule has 0 heterocycles. The molecule has 7 nitrogen and oxygen atoms in total. The van der Waals surface area contributed by atoms with Crippen molar-refractivity contribution >= 4 is 18.2 Å². The van der Waals surface area contributed by atoms with Gasteiger partial charge in [-0.05, 0) is 71.9 Å². The predicted molar refractivity (Wildman–Crippen MR) is 297 cm³/mol. The number of nitrogens with one attached hydrogen (secondary N) is 1. The van der Waals surface area contributed by atoms with Crippen molar-refractivity contribution in [3.05, 3.63) is 0 Å². The Labute approximate surface area is 426 Å². The minimum absolute atomic E-state index is 0.0802. The van der Waals surface area contributed by atoms with Crippen molar-refractivity contribution in [1.82, 2.24) is 5.32 Å². The van der Waals surface area contributed by atoms with Crippen LogP contribution < -0.4 is 5.32 Å². The highest BCUT2D eigenvalue weighted by molar-refractivity contribution is 5.72. The van der Waals surface area contributed by atoms with Gasteiger partial charge in [0.05, 0.1) is 31.2 Å². The first-order chi connectivity index (χ1) is 33.4. The summed E-state index contributed by atoms with van der Waals surface area (Å²) in [5.74, 6) is 0.405. The second-order valence-corrected chi connectivity index (χ2v) is 20.4. The molecule has 0 radical (unpaired) electrons. The van der Waals surface area contributed by atoms with Gasteiger partial charge >= 0.3 is 11.9 Å². The number of rotatable bonds is 52. The quantitative estimate of drug-likeness (QED) is 0.0369. The van der Waals surface area contributed by atoms with Crippen molar-refractivity contribution in [2.45, 2.75) is 330 Å². The summed E-state index contributed by atoms with van der Waals surface area (Å²) < 4.78 is 17.4. The topological polar surface area (TPSA) is 90.9 Å². The molecule has 0 aliphatic rings. The SMILES string of the molecule is CCCCC=O.CCCCCCCCC(CCCCCC)C(=O)OCCCCCCCCCCCC(CCCCCCCCCOC(=O)C(CCCCCC)CCCCCCCC)OC.CNC. The molecule has 0 aromatic heterocycles. The van der Waals surface area contributed by atoms with E-state index in [4.69, 9.17) is 14.2 Å². The van der Waals surface area contributed by atoms with Gasteiger partial charge in [0.2, 0.25) is 0 Å². The second kappa shape index (κ2) is 63.5. The maximum Gasteiger partial charge on any atom is 0.308 e. The van der Waals surface area contributed by atoms with Gasteiger partial charge < -0.3 is 24.3 Å². The molecule has 1 N–H and O–H groups in total. The van der Waals surface area contributed by atoms with E-state index in [-0.39, 0.29) is 23.8 Å². The zero-order valence-corrected chi connectivity index (χ0v) is 47.5. The van der Waals surface area contributed by atoms with Crippen LogP contribution in [0, 0.1) is 11.8 Å². The number of methoxy groups -OCH3 is 1. The number of hydrogen-bond donors (Lipinski definition) is 1. The molecule has 68 heavy (non-hydrogen) atoms. The molecule has 0 saturated heterocycles. The average Bonchev–Trinajstić information content (AvgIpc) is 3.34. The average molecular weight is 967 g/mol. The van der Waals surface area contributed by atoms with Crippen molar-refractivity contribution in [3.8, 4) is 0 Å². The maximum atomic E-state index is 12.9. The molecule has 0 aromatic rings. The summed E-state index contributed by atoms with van der Waals surface area (Å²) in [5.41, 5.74) is 0. The Hall–Kier alpha value is -1.47. The fraction of sp³-hybridized carbons (Fsp3) is 0.951. The smallest absolute Gasteiger partial charge is 0.308 e. The highest BCUT2D eigenvalue weighted by Crippen LogP contribution is 2.23. The van der Waals surface area contributed by atoms with Crippen molar-refractivity contribution in [2.75, 3.05) is 34.4 Å². The third kappa shape index (κ3) is 57.1.